The van der Waals surface area contributed by atoms with Crippen molar-refractivity contribution in [2.45, 2.75) is 11.8 Å². The second kappa shape index (κ2) is 10.9. The Hall–Kier alpha value is -3.01. The molecule has 0 bridgehead atoms. The third-order valence-corrected chi connectivity index (χ3v) is 7.71. The summed E-state index contributed by atoms with van der Waals surface area (Å²) in [5.74, 6) is -0.475. The second-order valence-corrected chi connectivity index (χ2v) is 10.8. The highest BCUT2D eigenvalue weighted by molar-refractivity contribution is 7.92. The van der Waals surface area contributed by atoms with Crippen LogP contribution in [0.3, 0.4) is 0 Å². The first kappa shape index (κ1) is 26.1. The number of nitrogens with zero attached hydrogens (tertiary/aromatic N) is 2. The van der Waals surface area contributed by atoms with Gasteiger partial charge in [-0.15, -0.1) is 0 Å². The summed E-state index contributed by atoms with van der Waals surface area (Å²) in [5.41, 5.74) is 2.39. The van der Waals surface area contributed by atoms with E-state index in [4.69, 9.17) is 27.9 Å². The second-order valence-electron chi connectivity index (χ2n) is 8.29. The molecule has 0 unspecified atom stereocenters. The van der Waals surface area contributed by atoms with Crippen molar-refractivity contribution >= 4 is 50.5 Å². The third-order valence-electron chi connectivity index (χ3n) is 5.81. The van der Waals surface area contributed by atoms with Crippen molar-refractivity contribution in [1.82, 2.24) is 4.90 Å². The molecule has 0 aliphatic carbocycles. The lowest BCUT2D eigenvalue weighted by atomic mass is 10.1. The van der Waals surface area contributed by atoms with E-state index in [2.05, 4.69) is 9.62 Å². The molecule has 4 rings (SSSR count). The van der Waals surface area contributed by atoms with Crippen molar-refractivity contribution in [3.8, 4) is 5.75 Å². The van der Waals surface area contributed by atoms with E-state index in [1.54, 1.807) is 4.90 Å². The van der Waals surface area contributed by atoms with Crippen LogP contribution in [-0.2, 0) is 14.8 Å². The molecule has 3 aromatic carbocycles. The molecule has 0 atom stereocenters. The minimum Gasteiger partial charge on any atom is -0.482 e. The fraction of sp³-hybridized carbons (Fsp3) is 0.240. The van der Waals surface area contributed by atoms with Gasteiger partial charge in [-0.25, -0.2) is 12.8 Å². The van der Waals surface area contributed by atoms with E-state index in [9.17, 15) is 17.6 Å². The number of aryl methyl sites for hydroxylation is 1. The zero-order valence-corrected chi connectivity index (χ0v) is 21.7. The molecule has 1 saturated heterocycles. The number of halogens is 3. The van der Waals surface area contributed by atoms with E-state index in [1.165, 1.54) is 30.3 Å². The van der Waals surface area contributed by atoms with Crippen LogP contribution < -0.4 is 14.4 Å². The molecule has 1 amide bonds. The predicted molar refractivity (Wildman–Crippen MR) is 139 cm³/mol. The van der Waals surface area contributed by atoms with E-state index in [0.29, 0.717) is 31.2 Å². The van der Waals surface area contributed by atoms with Gasteiger partial charge in [0.25, 0.3) is 15.9 Å². The normalized spacial score (nSPS) is 14.0. The Balaban J connectivity index is 1.32. The maximum absolute atomic E-state index is 13.1. The van der Waals surface area contributed by atoms with Crippen LogP contribution in [0.4, 0.5) is 15.8 Å². The highest BCUT2D eigenvalue weighted by Gasteiger charge is 2.23. The lowest BCUT2D eigenvalue weighted by Gasteiger charge is -2.36. The average molecular weight is 552 g/mol. The fourth-order valence-electron chi connectivity index (χ4n) is 3.85. The first-order valence-corrected chi connectivity index (χ1v) is 13.4. The van der Waals surface area contributed by atoms with Crippen molar-refractivity contribution in [2.75, 3.05) is 42.4 Å². The van der Waals surface area contributed by atoms with Gasteiger partial charge in [0.1, 0.15) is 11.6 Å². The Morgan fingerprint density at radius 3 is 2.36 bits per heavy atom. The predicted octanol–water partition coefficient (Wildman–Crippen LogP) is 4.97. The van der Waals surface area contributed by atoms with Crippen molar-refractivity contribution in [3.63, 3.8) is 0 Å². The number of carbonyl (C=O) groups is 1. The molecule has 1 fully saturated rings. The number of carbonyl (C=O) groups excluding carboxylic acids is 1. The maximum Gasteiger partial charge on any atom is 0.261 e. The van der Waals surface area contributed by atoms with Crippen LogP contribution in [0, 0.1) is 12.7 Å². The van der Waals surface area contributed by atoms with Crippen LogP contribution in [0.5, 0.6) is 5.75 Å². The Labute approximate surface area is 219 Å². The molecule has 0 radical (unpaired) electrons. The zero-order valence-electron chi connectivity index (χ0n) is 19.4. The Bertz CT molecular complexity index is 1360. The molecule has 190 valence electrons. The van der Waals surface area contributed by atoms with E-state index in [-0.39, 0.29) is 33.9 Å². The first-order valence-electron chi connectivity index (χ1n) is 11.1. The van der Waals surface area contributed by atoms with E-state index >= 15 is 0 Å². The molecule has 0 spiro atoms. The average Bonchev–Trinajstić information content (AvgIpc) is 2.86. The van der Waals surface area contributed by atoms with Gasteiger partial charge in [-0.05, 0) is 67.1 Å². The van der Waals surface area contributed by atoms with Gasteiger partial charge >= 0.3 is 0 Å². The van der Waals surface area contributed by atoms with Gasteiger partial charge < -0.3 is 14.5 Å². The summed E-state index contributed by atoms with van der Waals surface area (Å²) in [5, 5.41) is 0.718. The smallest absolute Gasteiger partial charge is 0.261 e. The number of sulfonamides is 1. The van der Waals surface area contributed by atoms with Gasteiger partial charge in [0.05, 0.1) is 9.92 Å². The Morgan fingerprint density at radius 1 is 1.00 bits per heavy atom. The minimum atomic E-state index is -3.95. The van der Waals surface area contributed by atoms with Gasteiger partial charge in [0.15, 0.2) is 6.61 Å². The summed E-state index contributed by atoms with van der Waals surface area (Å²) in [6.45, 7) is 4.21. The van der Waals surface area contributed by atoms with Crippen molar-refractivity contribution in [1.29, 1.82) is 0 Å². The van der Waals surface area contributed by atoms with Crippen molar-refractivity contribution in [2.24, 2.45) is 0 Å². The lowest BCUT2D eigenvalue weighted by molar-refractivity contribution is -0.133. The summed E-state index contributed by atoms with van der Waals surface area (Å²) >= 11 is 12.4. The molecular weight excluding hydrogens is 528 g/mol. The summed E-state index contributed by atoms with van der Waals surface area (Å²) in [6, 6.07) is 14.6. The Kier molecular flexibility index (Phi) is 7.92. The number of rotatable bonds is 7. The third kappa shape index (κ3) is 6.21. The van der Waals surface area contributed by atoms with Crippen LogP contribution in [0.1, 0.15) is 5.56 Å². The highest BCUT2D eigenvalue weighted by atomic mass is 35.5. The Morgan fingerprint density at radius 2 is 1.69 bits per heavy atom. The standard InChI is InChI=1S/C25H24Cl2FN3O4S/c1-17-2-3-18(26)14-23(17)30-10-12-31(13-11-30)25(32)16-35-24-9-8-21(15-22(24)27)36(33,34)29-20-6-4-19(28)5-7-20/h2-9,14-15,29H,10-13,16H2,1H3. The first-order chi connectivity index (χ1) is 17.1. The van der Waals surface area contributed by atoms with Gasteiger partial charge in [-0.3, -0.25) is 9.52 Å². The molecule has 1 N–H and O–H groups in total. The molecule has 0 aromatic heterocycles. The van der Waals surface area contributed by atoms with Gasteiger partial charge in [0, 0.05) is 42.6 Å². The number of nitrogens with one attached hydrogen (secondary N) is 1. The largest absolute Gasteiger partial charge is 0.482 e. The minimum absolute atomic E-state index is 0.0473. The van der Waals surface area contributed by atoms with E-state index < -0.39 is 15.8 Å². The molecule has 0 saturated carbocycles. The molecule has 1 aliphatic rings. The van der Waals surface area contributed by atoms with Crippen LogP contribution in [0.2, 0.25) is 10.0 Å². The van der Waals surface area contributed by atoms with E-state index in [0.717, 1.165) is 23.4 Å². The van der Waals surface area contributed by atoms with Crippen LogP contribution in [0.15, 0.2) is 65.6 Å². The number of benzene rings is 3. The summed E-state index contributed by atoms with van der Waals surface area (Å²) in [6.07, 6.45) is 0. The summed E-state index contributed by atoms with van der Waals surface area (Å²) in [7, 11) is -3.95. The quantitative estimate of drug-likeness (QED) is 0.448. The topological polar surface area (TPSA) is 79.0 Å². The molecule has 11 heteroatoms. The number of hydrogen-bond donors (Lipinski definition) is 1. The number of amides is 1. The van der Waals surface area contributed by atoms with Crippen LogP contribution in [-0.4, -0.2) is 52.0 Å². The summed E-state index contributed by atoms with van der Waals surface area (Å²) < 4.78 is 46.2. The lowest BCUT2D eigenvalue weighted by Crippen LogP contribution is -2.50. The van der Waals surface area contributed by atoms with E-state index in [1.807, 2.05) is 25.1 Å². The van der Waals surface area contributed by atoms with Gasteiger partial charge in [0.2, 0.25) is 0 Å². The maximum atomic E-state index is 13.1. The van der Waals surface area contributed by atoms with Crippen LogP contribution in [0.25, 0.3) is 0 Å². The molecular formula is C25H24Cl2FN3O4S. The van der Waals surface area contributed by atoms with Crippen LogP contribution >= 0.6 is 23.2 Å². The number of anilines is 2. The molecule has 1 aliphatic heterocycles. The van der Waals surface area contributed by atoms with Gasteiger partial charge in [-0.2, -0.15) is 0 Å². The fourth-order valence-corrected chi connectivity index (χ4v) is 5.40. The molecule has 1 heterocycles. The van der Waals surface area contributed by atoms with Crippen molar-refractivity contribution in [3.05, 3.63) is 82.1 Å². The molecule has 7 nitrogen and oxygen atoms in total. The zero-order chi connectivity index (χ0) is 25.9. The monoisotopic (exact) mass is 551 g/mol. The molecule has 36 heavy (non-hydrogen) atoms. The van der Waals surface area contributed by atoms with Gasteiger partial charge in [-0.1, -0.05) is 29.3 Å². The SMILES string of the molecule is Cc1ccc(Cl)cc1N1CCN(C(=O)COc2ccc(S(=O)(=O)Nc3ccc(F)cc3)cc2Cl)CC1. The van der Waals surface area contributed by atoms with Crippen molar-refractivity contribution < 1.29 is 22.3 Å². The molecule has 3 aromatic rings. The number of hydrogen-bond acceptors (Lipinski definition) is 5. The number of piperazine rings is 1. The highest BCUT2D eigenvalue weighted by Crippen LogP contribution is 2.29. The number of ether oxygens (including phenoxy) is 1. The summed E-state index contributed by atoms with van der Waals surface area (Å²) in [4.78, 5) is 16.5.